The molecule has 2 fully saturated rings. The van der Waals surface area contributed by atoms with Crippen molar-refractivity contribution in [2.24, 2.45) is 0 Å². The number of carbonyl (C=O) groups is 1. The number of thioether (sulfide) groups is 1. The average molecular weight is 561 g/mol. The van der Waals surface area contributed by atoms with Crippen molar-refractivity contribution in [3.8, 4) is 5.75 Å². The first-order chi connectivity index (χ1) is 17.6. The van der Waals surface area contributed by atoms with Gasteiger partial charge in [-0.05, 0) is 49.2 Å². The highest BCUT2D eigenvalue weighted by molar-refractivity contribution is 8.00. The number of hydroxylamine groups is 1. The molecular formula is C24H27F3N2O6S2. The Labute approximate surface area is 217 Å². The van der Waals surface area contributed by atoms with Crippen LogP contribution in [0.15, 0.2) is 52.3 Å². The smallest absolute Gasteiger partial charge is 0.416 e. The fraction of sp³-hybridized carbons (Fsp3) is 0.458. The second-order valence-electron chi connectivity index (χ2n) is 8.74. The van der Waals surface area contributed by atoms with Crippen LogP contribution in [0.4, 0.5) is 13.2 Å². The van der Waals surface area contributed by atoms with Gasteiger partial charge in [0.2, 0.25) is 10.0 Å². The number of ether oxygens (including phenoxy) is 2. The standard InChI is InChI=1S/C24H27F3N2O6S2/c25-24(26,27)16-4-6-18(7-5-16)36-19-8-12-29(13-9-19)37(32,33)21-3-1-2-20(22(21)23(30)28-31)35-17-10-14-34-15-11-17/h1-7,17,19,31H,8-15H2,(H,28,30). The second-order valence-corrected chi connectivity index (χ2v) is 12.0. The van der Waals surface area contributed by atoms with Crippen LogP contribution in [0.1, 0.15) is 41.6 Å². The molecule has 0 radical (unpaired) electrons. The molecule has 8 nitrogen and oxygen atoms in total. The fourth-order valence-corrected chi connectivity index (χ4v) is 7.12. The minimum absolute atomic E-state index is 0.0200. The summed E-state index contributed by atoms with van der Waals surface area (Å²) >= 11 is 1.41. The third-order valence-electron chi connectivity index (χ3n) is 6.28. The van der Waals surface area contributed by atoms with Crippen LogP contribution in [-0.2, 0) is 20.9 Å². The summed E-state index contributed by atoms with van der Waals surface area (Å²) in [6.45, 7) is 1.32. The average Bonchev–Trinajstić information content (AvgIpc) is 2.89. The van der Waals surface area contributed by atoms with Crippen molar-refractivity contribution in [3.63, 3.8) is 0 Å². The predicted molar refractivity (Wildman–Crippen MR) is 129 cm³/mol. The molecule has 202 valence electrons. The van der Waals surface area contributed by atoms with Crippen LogP contribution in [0.25, 0.3) is 0 Å². The van der Waals surface area contributed by atoms with Gasteiger partial charge in [0.15, 0.2) is 0 Å². The van der Waals surface area contributed by atoms with Gasteiger partial charge >= 0.3 is 6.18 Å². The monoisotopic (exact) mass is 560 g/mol. The molecule has 0 unspecified atom stereocenters. The highest BCUT2D eigenvalue weighted by Gasteiger charge is 2.35. The Kier molecular flexibility index (Phi) is 8.69. The maximum absolute atomic E-state index is 13.5. The molecule has 0 spiro atoms. The Morgan fingerprint density at radius 3 is 2.30 bits per heavy atom. The van der Waals surface area contributed by atoms with Crippen LogP contribution in [0.5, 0.6) is 5.75 Å². The zero-order valence-corrected chi connectivity index (χ0v) is 21.4. The maximum Gasteiger partial charge on any atom is 0.416 e. The zero-order chi connectivity index (χ0) is 26.6. The number of halogens is 3. The first kappa shape index (κ1) is 27.7. The maximum atomic E-state index is 13.5. The molecule has 2 saturated heterocycles. The van der Waals surface area contributed by atoms with E-state index >= 15 is 0 Å². The summed E-state index contributed by atoms with van der Waals surface area (Å²) in [5.41, 5.74) is 0.537. The lowest BCUT2D eigenvalue weighted by molar-refractivity contribution is -0.137. The number of piperidine rings is 1. The molecule has 0 atom stereocenters. The summed E-state index contributed by atoms with van der Waals surface area (Å²) in [6, 6.07) is 9.19. The van der Waals surface area contributed by atoms with E-state index in [1.807, 2.05) is 0 Å². The first-order valence-electron chi connectivity index (χ1n) is 11.8. The third-order valence-corrected chi connectivity index (χ3v) is 9.57. The van der Waals surface area contributed by atoms with Crippen molar-refractivity contribution in [3.05, 3.63) is 53.6 Å². The molecule has 37 heavy (non-hydrogen) atoms. The first-order valence-corrected chi connectivity index (χ1v) is 14.1. The topological polar surface area (TPSA) is 105 Å². The lowest BCUT2D eigenvalue weighted by Crippen LogP contribution is -2.40. The number of sulfonamides is 1. The van der Waals surface area contributed by atoms with E-state index in [0.29, 0.717) is 43.8 Å². The van der Waals surface area contributed by atoms with Gasteiger partial charge < -0.3 is 9.47 Å². The van der Waals surface area contributed by atoms with Crippen LogP contribution in [-0.4, -0.2) is 61.5 Å². The molecule has 0 bridgehead atoms. The molecular weight excluding hydrogens is 533 g/mol. The van der Waals surface area contributed by atoms with Crippen LogP contribution >= 0.6 is 11.8 Å². The van der Waals surface area contributed by atoms with Gasteiger partial charge in [-0.3, -0.25) is 10.0 Å². The van der Waals surface area contributed by atoms with Gasteiger partial charge in [-0.25, -0.2) is 13.9 Å². The molecule has 2 heterocycles. The minimum Gasteiger partial charge on any atom is -0.489 e. The van der Waals surface area contributed by atoms with Crippen LogP contribution < -0.4 is 10.2 Å². The number of nitrogens with one attached hydrogen (secondary N) is 1. The lowest BCUT2D eigenvalue weighted by Gasteiger charge is -2.31. The van der Waals surface area contributed by atoms with Gasteiger partial charge in [-0.1, -0.05) is 6.07 Å². The van der Waals surface area contributed by atoms with E-state index < -0.39 is 27.7 Å². The van der Waals surface area contributed by atoms with E-state index in [0.717, 1.165) is 12.1 Å². The molecule has 4 rings (SSSR count). The Morgan fingerprint density at radius 2 is 1.70 bits per heavy atom. The van der Waals surface area contributed by atoms with Gasteiger partial charge in [0.05, 0.1) is 23.7 Å². The Balaban J connectivity index is 1.47. The summed E-state index contributed by atoms with van der Waals surface area (Å²) in [7, 11) is -4.11. The molecule has 2 aromatic carbocycles. The number of alkyl halides is 3. The van der Waals surface area contributed by atoms with E-state index in [1.165, 1.54) is 51.9 Å². The third kappa shape index (κ3) is 6.58. The Morgan fingerprint density at radius 1 is 1.05 bits per heavy atom. The Hall–Kier alpha value is -2.32. The van der Waals surface area contributed by atoms with Crippen molar-refractivity contribution in [2.75, 3.05) is 26.3 Å². The number of carbonyl (C=O) groups excluding carboxylic acids is 1. The summed E-state index contributed by atoms with van der Waals surface area (Å²) in [4.78, 5) is 13.0. The summed E-state index contributed by atoms with van der Waals surface area (Å²) in [5, 5.41) is 9.33. The van der Waals surface area contributed by atoms with Gasteiger partial charge in [0, 0.05) is 36.1 Å². The van der Waals surface area contributed by atoms with E-state index in [4.69, 9.17) is 9.47 Å². The molecule has 0 aliphatic carbocycles. The molecule has 2 aromatic rings. The molecule has 2 N–H and O–H groups in total. The molecule has 2 aliphatic rings. The lowest BCUT2D eigenvalue weighted by atomic mass is 10.1. The van der Waals surface area contributed by atoms with Gasteiger partial charge in [0.25, 0.3) is 5.91 Å². The van der Waals surface area contributed by atoms with Crippen molar-refractivity contribution < 1.29 is 41.1 Å². The van der Waals surface area contributed by atoms with Gasteiger partial charge in [-0.2, -0.15) is 17.5 Å². The molecule has 0 aromatic heterocycles. The molecule has 13 heteroatoms. The minimum atomic E-state index is -4.40. The summed E-state index contributed by atoms with van der Waals surface area (Å²) in [6.07, 6.45) is -2.53. The van der Waals surface area contributed by atoms with E-state index in [-0.39, 0.29) is 40.7 Å². The number of hydrogen-bond acceptors (Lipinski definition) is 7. The fourth-order valence-electron chi connectivity index (χ4n) is 4.32. The van der Waals surface area contributed by atoms with Crippen molar-refractivity contribution >= 4 is 27.7 Å². The molecule has 1 amide bonds. The van der Waals surface area contributed by atoms with E-state index in [9.17, 15) is 31.6 Å². The number of amides is 1. The highest BCUT2D eigenvalue weighted by atomic mass is 32.2. The van der Waals surface area contributed by atoms with E-state index in [1.54, 1.807) is 0 Å². The van der Waals surface area contributed by atoms with Gasteiger partial charge in [-0.15, -0.1) is 11.8 Å². The summed E-state index contributed by atoms with van der Waals surface area (Å²) < 4.78 is 78.0. The van der Waals surface area contributed by atoms with Crippen molar-refractivity contribution in [1.82, 2.24) is 9.79 Å². The Bertz CT molecular complexity index is 1190. The zero-order valence-electron chi connectivity index (χ0n) is 19.7. The van der Waals surface area contributed by atoms with Crippen LogP contribution in [0, 0.1) is 0 Å². The normalized spacial score (nSPS) is 18.5. The second kappa shape index (κ2) is 11.6. The number of rotatable bonds is 7. The molecule has 2 aliphatic heterocycles. The number of hydrogen-bond donors (Lipinski definition) is 2. The molecule has 0 saturated carbocycles. The predicted octanol–water partition coefficient (Wildman–Crippen LogP) is 4.33. The van der Waals surface area contributed by atoms with Crippen molar-refractivity contribution in [1.29, 1.82) is 0 Å². The van der Waals surface area contributed by atoms with Gasteiger partial charge in [0.1, 0.15) is 17.4 Å². The van der Waals surface area contributed by atoms with Crippen molar-refractivity contribution in [2.45, 2.75) is 53.0 Å². The summed E-state index contributed by atoms with van der Waals surface area (Å²) in [5.74, 6) is -0.929. The van der Waals surface area contributed by atoms with Crippen LogP contribution in [0.3, 0.4) is 0 Å². The largest absolute Gasteiger partial charge is 0.489 e. The SMILES string of the molecule is O=C(NO)c1c(OC2CCOCC2)cccc1S(=O)(=O)N1CCC(Sc2ccc(C(F)(F)F)cc2)CC1. The number of nitrogens with zero attached hydrogens (tertiary/aromatic N) is 1. The van der Waals surface area contributed by atoms with Crippen LogP contribution in [0.2, 0.25) is 0 Å². The quantitative estimate of drug-likeness (QED) is 0.384. The van der Waals surface area contributed by atoms with E-state index in [2.05, 4.69) is 0 Å². The highest BCUT2D eigenvalue weighted by Crippen LogP contribution is 2.36. The number of benzene rings is 2.